The standard InChI is InChI=1S/C10H18N2O2/c13-10(8-3-6-14-7-8)12-9-1-4-11-5-2-9/h8-9,11H,1-7H2,(H,12,13). The van der Waals surface area contributed by atoms with E-state index in [9.17, 15) is 4.79 Å². The zero-order chi connectivity index (χ0) is 9.80. The molecule has 4 nitrogen and oxygen atoms in total. The molecule has 4 heteroatoms. The summed E-state index contributed by atoms with van der Waals surface area (Å²) in [5.74, 6) is 0.291. The van der Waals surface area contributed by atoms with Crippen LogP contribution in [0.25, 0.3) is 0 Å². The molecule has 0 bridgehead atoms. The van der Waals surface area contributed by atoms with Gasteiger partial charge in [0.2, 0.25) is 5.91 Å². The number of nitrogens with one attached hydrogen (secondary N) is 2. The van der Waals surface area contributed by atoms with Crippen molar-refractivity contribution in [3.63, 3.8) is 0 Å². The van der Waals surface area contributed by atoms with Gasteiger partial charge < -0.3 is 15.4 Å². The Balaban J connectivity index is 1.75. The van der Waals surface area contributed by atoms with Gasteiger partial charge >= 0.3 is 0 Å². The second-order valence-corrected chi connectivity index (χ2v) is 4.09. The maximum atomic E-state index is 11.7. The number of piperidine rings is 1. The van der Waals surface area contributed by atoms with Gasteiger partial charge in [0.25, 0.3) is 0 Å². The van der Waals surface area contributed by atoms with Crippen LogP contribution >= 0.6 is 0 Å². The molecule has 2 aliphatic heterocycles. The maximum absolute atomic E-state index is 11.7. The summed E-state index contributed by atoms with van der Waals surface area (Å²) in [4.78, 5) is 11.7. The van der Waals surface area contributed by atoms with Gasteiger partial charge in [-0.3, -0.25) is 4.79 Å². The van der Waals surface area contributed by atoms with Crippen LogP contribution in [-0.4, -0.2) is 38.3 Å². The lowest BCUT2D eigenvalue weighted by atomic mass is 10.0. The van der Waals surface area contributed by atoms with Gasteiger partial charge in [0.05, 0.1) is 12.5 Å². The average Bonchev–Trinajstić information content (AvgIpc) is 2.72. The first-order valence-electron chi connectivity index (χ1n) is 5.45. The fourth-order valence-corrected chi connectivity index (χ4v) is 2.03. The molecule has 0 aromatic carbocycles. The minimum Gasteiger partial charge on any atom is -0.381 e. The Kier molecular flexibility index (Phi) is 3.37. The highest BCUT2D eigenvalue weighted by Crippen LogP contribution is 2.13. The van der Waals surface area contributed by atoms with Crippen LogP contribution in [0.2, 0.25) is 0 Å². The highest BCUT2D eigenvalue weighted by atomic mass is 16.5. The zero-order valence-electron chi connectivity index (χ0n) is 8.42. The predicted molar refractivity (Wildman–Crippen MR) is 53.0 cm³/mol. The monoisotopic (exact) mass is 198 g/mol. The molecule has 1 atom stereocenters. The molecular formula is C10H18N2O2. The maximum Gasteiger partial charge on any atom is 0.225 e. The van der Waals surface area contributed by atoms with Crippen molar-refractivity contribution in [2.24, 2.45) is 5.92 Å². The number of hydrogen-bond acceptors (Lipinski definition) is 3. The third-order valence-corrected chi connectivity index (χ3v) is 2.99. The van der Waals surface area contributed by atoms with Gasteiger partial charge in [-0.15, -0.1) is 0 Å². The molecule has 80 valence electrons. The van der Waals surface area contributed by atoms with Crippen molar-refractivity contribution in [3.05, 3.63) is 0 Å². The first-order chi connectivity index (χ1) is 6.86. The molecule has 2 aliphatic rings. The van der Waals surface area contributed by atoms with E-state index in [1.165, 1.54) is 0 Å². The smallest absolute Gasteiger partial charge is 0.225 e. The molecule has 2 fully saturated rings. The van der Waals surface area contributed by atoms with Crippen molar-refractivity contribution in [2.75, 3.05) is 26.3 Å². The van der Waals surface area contributed by atoms with Gasteiger partial charge in [0, 0.05) is 12.6 Å². The Bertz CT molecular complexity index is 196. The molecule has 2 saturated heterocycles. The molecule has 0 aliphatic carbocycles. The summed E-state index contributed by atoms with van der Waals surface area (Å²) in [6.45, 7) is 3.39. The van der Waals surface area contributed by atoms with E-state index in [0.717, 1.165) is 39.0 Å². The van der Waals surface area contributed by atoms with Crippen LogP contribution in [0, 0.1) is 5.92 Å². The number of carbonyl (C=O) groups excluding carboxylic acids is 1. The van der Waals surface area contributed by atoms with Crippen LogP contribution in [0.1, 0.15) is 19.3 Å². The van der Waals surface area contributed by atoms with Crippen LogP contribution in [0.5, 0.6) is 0 Å². The number of carbonyl (C=O) groups is 1. The summed E-state index contributed by atoms with van der Waals surface area (Å²) in [7, 11) is 0. The number of amides is 1. The van der Waals surface area contributed by atoms with Crippen molar-refractivity contribution in [1.82, 2.24) is 10.6 Å². The zero-order valence-corrected chi connectivity index (χ0v) is 8.42. The molecule has 1 unspecified atom stereocenters. The van der Waals surface area contributed by atoms with Crippen molar-refractivity contribution in [1.29, 1.82) is 0 Å². The van der Waals surface area contributed by atoms with E-state index < -0.39 is 0 Å². The second-order valence-electron chi connectivity index (χ2n) is 4.09. The summed E-state index contributed by atoms with van der Waals surface area (Å²) in [6.07, 6.45) is 3.00. The highest BCUT2D eigenvalue weighted by Gasteiger charge is 2.25. The van der Waals surface area contributed by atoms with Crippen LogP contribution in [0.4, 0.5) is 0 Å². The largest absolute Gasteiger partial charge is 0.381 e. The van der Waals surface area contributed by atoms with Gasteiger partial charge in [0.15, 0.2) is 0 Å². The van der Waals surface area contributed by atoms with Crippen molar-refractivity contribution < 1.29 is 9.53 Å². The summed E-state index contributed by atoms with van der Waals surface area (Å²) >= 11 is 0. The molecule has 0 aromatic heterocycles. The number of ether oxygens (including phenoxy) is 1. The molecular weight excluding hydrogens is 180 g/mol. The Morgan fingerprint density at radius 2 is 2.07 bits per heavy atom. The van der Waals surface area contributed by atoms with Crippen LogP contribution in [0.15, 0.2) is 0 Å². The third kappa shape index (κ3) is 2.45. The molecule has 0 spiro atoms. The quantitative estimate of drug-likeness (QED) is 0.651. The van der Waals surface area contributed by atoms with E-state index in [2.05, 4.69) is 10.6 Å². The fourth-order valence-electron chi connectivity index (χ4n) is 2.03. The molecule has 2 N–H and O–H groups in total. The topological polar surface area (TPSA) is 50.4 Å². The lowest BCUT2D eigenvalue weighted by Gasteiger charge is -2.24. The summed E-state index contributed by atoms with van der Waals surface area (Å²) in [5.41, 5.74) is 0. The molecule has 2 rings (SSSR count). The van der Waals surface area contributed by atoms with Crippen molar-refractivity contribution >= 4 is 5.91 Å². The van der Waals surface area contributed by atoms with E-state index in [1.54, 1.807) is 0 Å². The Labute approximate surface area is 84.4 Å². The Morgan fingerprint density at radius 1 is 1.29 bits per heavy atom. The van der Waals surface area contributed by atoms with Gasteiger partial charge in [-0.25, -0.2) is 0 Å². The van der Waals surface area contributed by atoms with Gasteiger partial charge in [-0.05, 0) is 32.4 Å². The normalized spacial score (nSPS) is 29.0. The first kappa shape index (κ1) is 9.93. The lowest BCUT2D eigenvalue weighted by Crippen LogP contribution is -2.45. The summed E-state index contributed by atoms with van der Waals surface area (Å²) in [5, 5.41) is 6.38. The van der Waals surface area contributed by atoms with Crippen LogP contribution in [-0.2, 0) is 9.53 Å². The minimum atomic E-state index is 0.102. The average molecular weight is 198 g/mol. The SMILES string of the molecule is O=C(NC1CCNCC1)C1CCOC1. The van der Waals surface area contributed by atoms with Gasteiger partial charge in [-0.1, -0.05) is 0 Å². The van der Waals surface area contributed by atoms with E-state index >= 15 is 0 Å². The molecule has 14 heavy (non-hydrogen) atoms. The van der Waals surface area contributed by atoms with Gasteiger partial charge in [0.1, 0.15) is 0 Å². The van der Waals surface area contributed by atoms with E-state index in [-0.39, 0.29) is 11.8 Å². The van der Waals surface area contributed by atoms with Gasteiger partial charge in [-0.2, -0.15) is 0 Å². The minimum absolute atomic E-state index is 0.102. The molecule has 0 aromatic rings. The van der Waals surface area contributed by atoms with Crippen LogP contribution < -0.4 is 10.6 Å². The predicted octanol–water partition coefficient (Wildman–Crippen LogP) is -0.109. The Hall–Kier alpha value is -0.610. The van der Waals surface area contributed by atoms with E-state index in [1.807, 2.05) is 0 Å². The first-order valence-corrected chi connectivity index (χ1v) is 5.45. The van der Waals surface area contributed by atoms with E-state index in [0.29, 0.717) is 12.6 Å². The summed E-state index contributed by atoms with van der Waals surface area (Å²) in [6, 6.07) is 0.379. The van der Waals surface area contributed by atoms with Crippen molar-refractivity contribution in [3.8, 4) is 0 Å². The van der Waals surface area contributed by atoms with Crippen molar-refractivity contribution in [2.45, 2.75) is 25.3 Å². The second kappa shape index (κ2) is 4.75. The number of hydrogen-bond donors (Lipinski definition) is 2. The third-order valence-electron chi connectivity index (χ3n) is 2.99. The number of rotatable bonds is 2. The van der Waals surface area contributed by atoms with Crippen LogP contribution in [0.3, 0.4) is 0 Å². The Morgan fingerprint density at radius 3 is 2.71 bits per heavy atom. The lowest BCUT2D eigenvalue weighted by molar-refractivity contribution is -0.125. The molecule has 0 saturated carbocycles. The van der Waals surface area contributed by atoms with E-state index in [4.69, 9.17) is 4.74 Å². The molecule has 2 heterocycles. The highest BCUT2D eigenvalue weighted by molar-refractivity contribution is 5.79. The molecule has 0 radical (unpaired) electrons. The fraction of sp³-hybridized carbons (Fsp3) is 0.900. The summed E-state index contributed by atoms with van der Waals surface area (Å²) < 4.78 is 5.19. The molecule has 1 amide bonds.